The molecular formula is C17H16FN5O. The number of nitrogens with one attached hydrogen (secondary N) is 1. The Hall–Kier alpha value is -3.22. The third kappa shape index (κ3) is 3.10. The smallest absolute Gasteiger partial charge is 0.273 e. The molecule has 0 radical (unpaired) electrons. The zero-order valence-corrected chi connectivity index (χ0v) is 13.1. The number of amides is 1. The van der Waals surface area contributed by atoms with Gasteiger partial charge in [-0.1, -0.05) is 12.1 Å². The van der Waals surface area contributed by atoms with Crippen LogP contribution in [0.2, 0.25) is 0 Å². The van der Waals surface area contributed by atoms with Gasteiger partial charge in [-0.2, -0.15) is 14.6 Å². The summed E-state index contributed by atoms with van der Waals surface area (Å²) in [6.07, 6.45) is 6.31. The summed E-state index contributed by atoms with van der Waals surface area (Å²) in [6, 6.07) is 10.9. The van der Waals surface area contributed by atoms with E-state index in [1.54, 1.807) is 19.1 Å². The average Bonchev–Trinajstić information content (AvgIpc) is 3.25. The summed E-state index contributed by atoms with van der Waals surface area (Å²) in [5, 5.41) is 7.69. The molecular weight excluding hydrogens is 309 g/mol. The van der Waals surface area contributed by atoms with Crippen molar-refractivity contribution in [3.05, 3.63) is 72.1 Å². The Kier molecular flexibility index (Phi) is 4.51. The number of aromatic nitrogens is 3. The Morgan fingerprint density at radius 3 is 2.75 bits per heavy atom. The van der Waals surface area contributed by atoms with Gasteiger partial charge in [0.05, 0.1) is 29.2 Å². The number of carbonyl (C=O) groups excluding carboxylic acids is 1. The van der Waals surface area contributed by atoms with Gasteiger partial charge in [0, 0.05) is 18.9 Å². The Morgan fingerprint density at radius 1 is 1.29 bits per heavy atom. The van der Waals surface area contributed by atoms with Gasteiger partial charge < -0.3 is 4.57 Å². The van der Waals surface area contributed by atoms with Gasteiger partial charge >= 0.3 is 0 Å². The van der Waals surface area contributed by atoms with Crippen LogP contribution in [0.15, 0.2) is 60.1 Å². The van der Waals surface area contributed by atoms with Gasteiger partial charge in [0.25, 0.3) is 5.91 Å². The Morgan fingerprint density at radius 2 is 2.04 bits per heavy atom. The molecule has 6 nitrogen and oxygen atoms in total. The van der Waals surface area contributed by atoms with Crippen molar-refractivity contribution < 1.29 is 9.18 Å². The first-order chi connectivity index (χ1) is 11.7. The minimum absolute atomic E-state index is 0.218. The summed E-state index contributed by atoms with van der Waals surface area (Å²) in [5.41, 5.74) is 3.84. The van der Waals surface area contributed by atoms with Crippen molar-refractivity contribution in [1.82, 2.24) is 19.8 Å². The molecule has 2 heterocycles. The highest BCUT2D eigenvalue weighted by molar-refractivity contribution is 5.98. The maximum Gasteiger partial charge on any atom is 0.273 e. The van der Waals surface area contributed by atoms with Crippen molar-refractivity contribution in [2.24, 2.45) is 5.10 Å². The predicted octanol–water partition coefficient (Wildman–Crippen LogP) is 2.60. The van der Waals surface area contributed by atoms with Crippen LogP contribution in [0, 0.1) is 5.95 Å². The van der Waals surface area contributed by atoms with Crippen molar-refractivity contribution in [2.45, 2.75) is 13.5 Å². The molecule has 0 fully saturated rings. The number of hydrogen-bond acceptors (Lipinski definition) is 3. The SMILES string of the molecule is CCn1ncc(C=NNC(=O)c2ccccc2-n2cccc2)c1F. The number of para-hydroxylation sites is 1. The second-order valence-electron chi connectivity index (χ2n) is 5.01. The highest BCUT2D eigenvalue weighted by Gasteiger charge is 2.11. The summed E-state index contributed by atoms with van der Waals surface area (Å²) < 4.78 is 16.9. The fraction of sp³-hybridized carbons (Fsp3) is 0.118. The molecule has 7 heteroatoms. The second kappa shape index (κ2) is 6.91. The van der Waals surface area contributed by atoms with Crippen molar-refractivity contribution in [3.63, 3.8) is 0 Å². The van der Waals surface area contributed by atoms with Crippen LogP contribution in [0.3, 0.4) is 0 Å². The zero-order chi connectivity index (χ0) is 16.9. The number of aryl methyl sites for hydroxylation is 1. The topological polar surface area (TPSA) is 64.2 Å². The first-order valence-electron chi connectivity index (χ1n) is 7.47. The van der Waals surface area contributed by atoms with E-state index in [1.807, 2.05) is 41.2 Å². The largest absolute Gasteiger partial charge is 0.323 e. The van der Waals surface area contributed by atoms with Crippen LogP contribution in [0.5, 0.6) is 0 Å². The van der Waals surface area contributed by atoms with E-state index < -0.39 is 5.95 Å². The Balaban J connectivity index is 1.76. The lowest BCUT2D eigenvalue weighted by molar-refractivity contribution is 0.0955. The molecule has 0 saturated carbocycles. The number of benzene rings is 1. The average molecular weight is 325 g/mol. The van der Waals surface area contributed by atoms with Crippen LogP contribution in [0.4, 0.5) is 4.39 Å². The standard InChI is InChI=1S/C17H16FN5O/c1-2-23-16(18)13(12-20-23)11-19-21-17(24)14-7-3-4-8-15(14)22-9-5-6-10-22/h3-12H,2H2,1H3,(H,21,24). The molecule has 1 N–H and O–H groups in total. The highest BCUT2D eigenvalue weighted by atomic mass is 19.1. The molecule has 24 heavy (non-hydrogen) atoms. The molecule has 1 amide bonds. The van der Waals surface area contributed by atoms with Gasteiger partial charge in [-0.05, 0) is 31.2 Å². The molecule has 0 saturated heterocycles. The van der Waals surface area contributed by atoms with Gasteiger partial charge in [-0.3, -0.25) is 4.79 Å². The quantitative estimate of drug-likeness (QED) is 0.579. The fourth-order valence-electron chi connectivity index (χ4n) is 2.30. The van der Waals surface area contributed by atoms with Crippen molar-refractivity contribution in [1.29, 1.82) is 0 Å². The first-order valence-corrected chi connectivity index (χ1v) is 7.47. The summed E-state index contributed by atoms with van der Waals surface area (Å²) in [5.74, 6) is -0.859. The molecule has 3 aromatic rings. The molecule has 122 valence electrons. The van der Waals surface area contributed by atoms with E-state index in [-0.39, 0.29) is 11.5 Å². The van der Waals surface area contributed by atoms with Crippen LogP contribution in [0.25, 0.3) is 5.69 Å². The number of nitrogens with zero attached hydrogens (tertiary/aromatic N) is 4. The number of carbonyl (C=O) groups is 1. The van der Waals surface area contributed by atoms with E-state index in [0.717, 1.165) is 5.69 Å². The lowest BCUT2D eigenvalue weighted by atomic mass is 10.1. The third-order valence-electron chi connectivity index (χ3n) is 3.50. The van der Waals surface area contributed by atoms with Crippen LogP contribution in [-0.2, 0) is 6.54 Å². The van der Waals surface area contributed by atoms with Crippen LogP contribution in [0.1, 0.15) is 22.8 Å². The second-order valence-corrected chi connectivity index (χ2v) is 5.01. The van der Waals surface area contributed by atoms with Crippen molar-refractivity contribution in [2.75, 3.05) is 0 Å². The lowest BCUT2D eigenvalue weighted by Crippen LogP contribution is -2.19. The fourth-order valence-corrected chi connectivity index (χ4v) is 2.30. The highest BCUT2D eigenvalue weighted by Crippen LogP contribution is 2.14. The predicted molar refractivity (Wildman–Crippen MR) is 88.7 cm³/mol. The molecule has 2 aromatic heterocycles. The van der Waals surface area contributed by atoms with Gasteiger partial charge in [-0.15, -0.1) is 0 Å². The zero-order valence-electron chi connectivity index (χ0n) is 13.1. The minimum Gasteiger partial charge on any atom is -0.323 e. The lowest BCUT2D eigenvalue weighted by Gasteiger charge is -2.08. The first kappa shape index (κ1) is 15.7. The van der Waals surface area contributed by atoms with Gasteiger partial charge in [0.2, 0.25) is 5.95 Å². The van der Waals surface area contributed by atoms with Gasteiger partial charge in [0.1, 0.15) is 0 Å². The molecule has 0 aliphatic carbocycles. The molecule has 0 bridgehead atoms. The molecule has 3 rings (SSSR count). The molecule has 0 unspecified atom stereocenters. The maximum atomic E-state index is 13.8. The summed E-state index contributed by atoms with van der Waals surface area (Å²) in [6.45, 7) is 2.22. The minimum atomic E-state index is -0.483. The molecule has 0 spiro atoms. The van der Waals surface area contributed by atoms with Crippen LogP contribution < -0.4 is 5.43 Å². The monoisotopic (exact) mass is 325 g/mol. The Labute approximate surface area is 138 Å². The Bertz CT molecular complexity index is 867. The number of rotatable bonds is 5. The number of hydrogen-bond donors (Lipinski definition) is 1. The van der Waals surface area contributed by atoms with Crippen LogP contribution >= 0.6 is 0 Å². The molecule has 0 aliphatic heterocycles. The third-order valence-corrected chi connectivity index (χ3v) is 3.50. The van der Waals surface area contributed by atoms with Crippen LogP contribution in [-0.4, -0.2) is 26.5 Å². The van der Waals surface area contributed by atoms with E-state index in [1.165, 1.54) is 17.1 Å². The summed E-state index contributed by atoms with van der Waals surface area (Å²) >= 11 is 0. The van der Waals surface area contributed by atoms with Crippen molar-refractivity contribution in [3.8, 4) is 5.69 Å². The van der Waals surface area contributed by atoms with E-state index in [9.17, 15) is 9.18 Å². The molecule has 0 aliphatic rings. The molecule has 0 atom stereocenters. The number of hydrazone groups is 1. The van der Waals surface area contributed by atoms with E-state index in [4.69, 9.17) is 0 Å². The van der Waals surface area contributed by atoms with Gasteiger partial charge in [0.15, 0.2) is 0 Å². The molecule has 1 aromatic carbocycles. The van der Waals surface area contributed by atoms with Gasteiger partial charge in [-0.25, -0.2) is 10.1 Å². The van der Waals surface area contributed by atoms with E-state index >= 15 is 0 Å². The normalized spacial score (nSPS) is 11.1. The summed E-state index contributed by atoms with van der Waals surface area (Å²) in [4.78, 5) is 12.3. The van der Waals surface area contributed by atoms with Crippen molar-refractivity contribution >= 4 is 12.1 Å². The maximum absolute atomic E-state index is 13.8. The summed E-state index contributed by atoms with van der Waals surface area (Å²) in [7, 11) is 0. The van der Waals surface area contributed by atoms with E-state index in [2.05, 4.69) is 15.6 Å². The number of halogens is 1. The van der Waals surface area contributed by atoms with E-state index in [0.29, 0.717) is 12.1 Å².